The van der Waals surface area contributed by atoms with Crippen LogP contribution in [0.4, 0.5) is 0 Å². The van der Waals surface area contributed by atoms with Gasteiger partial charge in [-0.25, -0.2) is 10.4 Å². The maximum atomic E-state index is 12.4. The molecule has 3 aliphatic heterocycles. The molecule has 6 heteroatoms. The summed E-state index contributed by atoms with van der Waals surface area (Å²) in [5.41, 5.74) is 1.93. The molecule has 0 bridgehead atoms. The number of nitrogens with one attached hydrogen (secondary N) is 2. The lowest BCUT2D eigenvalue weighted by Crippen LogP contribution is -2.48. The molecular formula is C12H16N4O2. The lowest BCUT2D eigenvalue weighted by molar-refractivity contribution is -0.129. The Labute approximate surface area is 107 Å². The van der Waals surface area contributed by atoms with Crippen LogP contribution in [0.3, 0.4) is 0 Å². The molecule has 18 heavy (non-hydrogen) atoms. The van der Waals surface area contributed by atoms with Crippen LogP contribution in [0.15, 0.2) is 23.2 Å². The van der Waals surface area contributed by atoms with E-state index in [9.17, 15) is 9.59 Å². The number of carbonyl (C=O) groups excluding carboxylic acids is 2. The van der Waals surface area contributed by atoms with Crippen molar-refractivity contribution in [3.05, 3.63) is 23.2 Å². The van der Waals surface area contributed by atoms with Crippen LogP contribution in [0.25, 0.3) is 0 Å². The topological polar surface area (TPSA) is 64.7 Å². The van der Waals surface area contributed by atoms with Gasteiger partial charge in [-0.05, 0) is 26.8 Å². The average molecular weight is 249 g/mol. The highest BCUT2D eigenvalue weighted by Crippen LogP contribution is 2.28. The maximum absolute atomic E-state index is 12.4. The molecule has 1 unspecified atom stereocenters. The molecular weight excluding hydrogens is 232 g/mol. The lowest BCUT2D eigenvalue weighted by atomic mass is 10.2. The summed E-state index contributed by atoms with van der Waals surface area (Å²) in [6, 6.07) is -0.148. The number of nitrogens with zero attached hydrogens (tertiary/aromatic N) is 2. The fourth-order valence-corrected chi connectivity index (χ4v) is 2.40. The first kappa shape index (κ1) is 10.1. The Balaban J connectivity index is 1.98. The first-order chi connectivity index (χ1) is 8.91. The third kappa shape index (κ3) is 1.38. The number of fused-ring (bicyclic) bond motifs is 1. The van der Waals surface area contributed by atoms with Gasteiger partial charge in [0.15, 0.2) is 0 Å². The number of amides is 2. The van der Waals surface area contributed by atoms with Gasteiger partial charge in [-0.3, -0.25) is 9.59 Å². The number of hydrogen-bond donors (Lipinski definition) is 2. The van der Waals surface area contributed by atoms with Gasteiger partial charge in [-0.15, -0.1) is 0 Å². The molecule has 3 aliphatic rings. The Kier molecular flexibility index (Phi) is 2.02. The van der Waals surface area contributed by atoms with Gasteiger partial charge in [0.05, 0.1) is 12.1 Å². The van der Waals surface area contributed by atoms with Gasteiger partial charge in [-0.2, -0.15) is 0 Å². The minimum atomic E-state index is -0.282. The van der Waals surface area contributed by atoms with E-state index in [1.807, 2.05) is 20.8 Å². The van der Waals surface area contributed by atoms with E-state index < -0.39 is 0 Å². The Hall–Kier alpha value is -1.82. The monoisotopic (exact) mass is 249 g/mol. The number of hydrogen-bond acceptors (Lipinski definition) is 4. The summed E-state index contributed by atoms with van der Waals surface area (Å²) in [4.78, 5) is 26.3. The number of carbonyl (C=O) groups is 2. The van der Waals surface area contributed by atoms with Crippen LogP contribution in [0.2, 0.25) is 1.41 Å². The minimum absolute atomic E-state index is 0.0440. The second-order valence-corrected chi connectivity index (χ2v) is 5.03. The second-order valence-electron chi connectivity index (χ2n) is 5.03. The van der Waals surface area contributed by atoms with Crippen molar-refractivity contribution in [3.8, 4) is 0 Å². The third-order valence-electron chi connectivity index (χ3n) is 3.36. The van der Waals surface area contributed by atoms with Crippen LogP contribution < -0.4 is 10.7 Å². The molecule has 0 radical (unpaired) electrons. The molecule has 0 saturated carbocycles. The molecule has 1 atom stereocenters. The molecule has 0 aliphatic carbocycles. The van der Waals surface area contributed by atoms with E-state index >= 15 is 0 Å². The van der Waals surface area contributed by atoms with Gasteiger partial charge < -0.3 is 10.2 Å². The molecule has 0 aromatic carbocycles. The van der Waals surface area contributed by atoms with E-state index in [-0.39, 0.29) is 23.9 Å². The smallest absolute Gasteiger partial charge is 0.274 e. The van der Waals surface area contributed by atoms with Gasteiger partial charge in [0.2, 0.25) is 0 Å². The van der Waals surface area contributed by atoms with Crippen LogP contribution in [-0.4, -0.2) is 40.4 Å². The predicted octanol–water partition coefficient (Wildman–Crippen LogP) is -0.329. The normalized spacial score (nSPS) is 28.6. The fraction of sp³-hybridized carbons (Fsp3) is 0.500. The molecule has 96 valence electrons. The number of rotatable bonds is 1. The molecule has 6 nitrogen and oxygen atoms in total. The van der Waals surface area contributed by atoms with Gasteiger partial charge >= 0.3 is 0 Å². The zero-order valence-electron chi connectivity index (χ0n) is 11.6. The largest absolute Gasteiger partial charge is 0.336 e. The molecule has 0 spiro atoms. The first-order valence-corrected chi connectivity index (χ1v) is 6.07. The molecule has 0 aromatic heterocycles. The average Bonchev–Trinajstić information content (AvgIpc) is 2.81. The van der Waals surface area contributed by atoms with E-state index in [0.717, 1.165) is 5.42 Å². The molecule has 0 aromatic rings. The summed E-state index contributed by atoms with van der Waals surface area (Å²) in [5, 5.41) is 4.27. The van der Waals surface area contributed by atoms with Crippen LogP contribution in [0, 0.1) is 0 Å². The Morgan fingerprint density at radius 2 is 2.17 bits per heavy atom. The molecule has 0 saturated heterocycles. The first-order valence-electron chi connectivity index (χ1n) is 6.52. The van der Waals surface area contributed by atoms with Crippen LogP contribution in [-0.2, 0) is 9.59 Å². The van der Waals surface area contributed by atoms with Gasteiger partial charge in [0.1, 0.15) is 12.9 Å². The van der Waals surface area contributed by atoms with Crippen molar-refractivity contribution in [1.29, 1.82) is 0 Å². The van der Waals surface area contributed by atoms with Crippen molar-refractivity contribution in [2.24, 2.45) is 0 Å². The van der Waals surface area contributed by atoms with E-state index in [1.54, 1.807) is 11.0 Å². The van der Waals surface area contributed by atoms with Crippen molar-refractivity contribution in [2.75, 3.05) is 6.54 Å². The van der Waals surface area contributed by atoms with Crippen molar-refractivity contribution < 1.29 is 11.0 Å². The van der Waals surface area contributed by atoms with Gasteiger partial charge in [0, 0.05) is 12.1 Å². The van der Waals surface area contributed by atoms with Crippen LogP contribution in [0.5, 0.6) is 0 Å². The maximum Gasteiger partial charge on any atom is 0.274 e. The number of hydrazine groups is 1. The predicted molar refractivity (Wildman–Crippen MR) is 64.5 cm³/mol. The molecule has 2 N–H and O–H groups in total. The lowest BCUT2D eigenvalue weighted by Gasteiger charge is -2.26. The van der Waals surface area contributed by atoms with Crippen LogP contribution >= 0.6 is 0 Å². The Morgan fingerprint density at radius 1 is 1.44 bits per heavy atom. The summed E-state index contributed by atoms with van der Waals surface area (Å²) < 4.78 is 7.85. The van der Waals surface area contributed by atoms with Gasteiger partial charge in [0.25, 0.3) is 11.8 Å². The summed E-state index contributed by atoms with van der Waals surface area (Å²) in [7, 11) is 0. The highest BCUT2D eigenvalue weighted by molar-refractivity contribution is 6.10. The standard InChI is InChI=1S/C12H16N4O2/c1-6(2)15-5-8-10(12(15)18)13-9-4-7(3)14-16(9)11(8)17/h4,6-7,13-14H,5H2,1-3H3/i/hD. The summed E-state index contributed by atoms with van der Waals surface area (Å²) in [6.45, 7) is 5.96. The SMILES string of the molecule is [2H]N1C(C)C=C2NC3=C(CN(C(C)C)C3=O)C(=O)N21. The fourth-order valence-electron chi connectivity index (χ4n) is 2.40. The molecule has 3 rings (SSSR count). The quantitative estimate of drug-likeness (QED) is 0.668. The summed E-state index contributed by atoms with van der Waals surface area (Å²) in [5.74, 6) is 0.0797. The Bertz CT molecular complexity index is 540. The molecule has 2 amide bonds. The van der Waals surface area contributed by atoms with Crippen molar-refractivity contribution in [2.45, 2.75) is 32.9 Å². The van der Waals surface area contributed by atoms with E-state index in [2.05, 4.69) is 5.32 Å². The van der Waals surface area contributed by atoms with Crippen molar-refractivity contribution in [3.63, 3.8) is 0 Å². The summed E-state index contributed by atoms with van der Waals surface area (Å²) >= 11 is 0. The molecule has 0 fully saturated rings. The minimum Gasteiger partial charge on any atom is -0.336 e. The second kappa shape index (κ2) is 3.58. The van der Waals surface area contributed by atoms with E-state index in [0.29, 0.717) is 23.6 Å². The van der Waals surface area contributed by atoms with Crippen molar-refractivity contribution in [1.82, 2.24) is 20.6 Å². The van der Waals surface area contributed by atoms with E-state index in [4.69, 9.17) is 1.41 Å². The highest BCUT2D eigenvalue weighted by atomic mass is 16.2. The zero-order chi connectivity index (χ0) is 13.9. The molecule has 3 heterocycles. The summed E-state index contributed by atoms with van der Waals surface area (Å²) in [6.07, 6.45) is 1.76. The van der Waals surface area contributed by atoms with Crippen LogP contribution in [0.1, 0.15) is 20.8 Å². The zero-order valence-corrected chi connectivity index (χ0v) is 10.6. The van der Waals surface area contributed by atoms with Gasteiger partial charge in [-0.1, -0.05) is 0 Å². The van der Waals surface area contributed by atoms with E-state index in [1.165, 1.54) is 5.01 Å². The third-order valence-corrected chi connectivity index (χ3v) is 3.36. The highest BCUT2D eigenvalue weighted by Gasteiger charge is 2.43. The Morgan fingerprint density at radius 3 is 2.83 bits per heavy atom. The van der Waals surface area contributed by atoms with Crippen molar-refractivity contribution >= 4 is 11.8 Å².